The van der Waals surface area contributed by atoms with Gasteiger partial charge in [-0.15, -0.1) is 11.3 Å². The van der Waals surface area contributed by atoms with Crippen molar-refractivity contribution in [3.05, 3.63) is 85.8 Å². The highest BCUT2D eigenvalue weighted by Crippen LogP contribution is 2.41. The standard InChI is InChI=1S/C32H32ClNO4S/c1-18-16-23-9-8-21(14-15-32(7,37)29-19(2)34-20(3)39-29)17-25(23)27(22-10-12-24(33)13-11-22)26(18)28(30(35)36)38-31(4,5)6/h8-13,16-17,28,37H,1-7H3,(H,35,36)/t28-,32?/m0/s1. The van der Waals surface area contributed by atoms with E-state index in [2.05, 4.69) is 16.8 Å². The molecule has 5 nitrogen and oxygen atoms in total. The van der Waals surface area contributed by atoms with Crippen molar-refractivity contribution in [2.24, 2.45) is 0 Å². The van der Waals surface area contributed by atoms with Crippen LogP contribution >= 0.6 is 22.9 Å². The molecular formula is C32H32ClNO4S. The number of rotatable bonds is 5. The van der Waals surface area contributed by atoms with Crippen LogP contribution < -0.4 is 0 Å². The summed E-state index contributed by atoms with van der Waals surface area (Å²) in [4.78, 5) is 17.7. The van der Waals surface area contributed by atoms with Crippen molar-refractivity contribution >= 4 is 39.7 Å². The number of ether oxygens (including phenoxy) is 1. The van der Waals surface area contributed by atoms with E-state index in [-0.39, 0.29) is 0 Å². The summed E-state index contributed by atoms with van der Waals surface area (Å²) in [6, 6.07) is 15.1. The maximum Gasteiger partial charge on any atom is 0.337 e. The molecule has 0 spiro atoms. The lowest BCUT2D eigenvalue weighted by Crippen LogP contribution is -2.28. The Hall–Kier alpha value is -3.21. The number of fused-ring (bicyclic) bond motifs is 1. The van der Waals surface area contributed by atoms with Gasteiger partial charge in [0.1, 0.15) is 0 Å². The largest absolute Gasteiger partial charge is 0.479 e. The van der Waals surface area contributed by atoms with E-state index in [9.17, 15) is 15.0 Å². The van der Waals surface area contributed by atoms with Crippen molar-refractivity contribution in [2.45, 2.75) is 65.8 Å². The fourth-order valence-corrected chi connectivity index (χ4v) is 5.76. The molecule has 1 heterocycles. The highest BCUT2D eigenvalue weighted by molar-refractivity contribution is 7.11. The second-order valence-corrected chi connectivity index (χ2v) is 12.5. The number of carboxylic acids is 1. The second-order valence-electron chi connectivity index (χ2n) is 10.8. The number of aliphatic hydroxyl groups is 1. The Bertz CT molecular complexity index is 1620. The van der Waals surface area contributed by atoms with E-state index in [0.29, 0.717) is 16.1 Å². The van der Waals surface area contributed by atoms with E-state index >= 15 is 0 Å². The van der Waals surface area contributed by atoms with Gasteiger partial charge in [-0.3, -0.25) is 0 Å². The fourth-order valence-electron chi connectivity index (χ4n) is 4.72. The molecule has 0 aliphatic heterocycles. The number of halogens is 1. The third-order valence-electron chi connectivity index (χ3n) is 6.28. The van der Waals surface area contributed by atoms with Gasteiger partial charge in [-0.1, -0.05) is 47.7 Å². The number of carboxylic acid groups (broad SMARTS) is 1. The Morgan fingerprint density at radius 1 is 1.05 bits per heavy atom. The number of hydrogen-bond acceptors (Lipinski definition) is 5. The van der Waals surface area contributed by atoms with Gasteiger partial charge in [0.2, 0.25) is 0 Å². The van der Waals surface area contributed by atoms with Gasteiger partial charge in [-0.25, -0.2) is 9.78 Å². The number of aliphatic carboxylic acids is 1. The molecule has 3 aromatic carbocycles. The molecule has 2 atom stereocenters. The van der Waals surface area contributed by atoms with Crippen LogP contribution in [0.1, 0.15) is 66.1 Å². The molecule has 202 valence electrons. The Kier molecular flexibility index (Phi) is 7.93. The van der Waals surface area contributed by atoms with Crippen molar-refractivity contribution in [1.82, 2.24) is 4.98 Å². The number of aromatic nitrogens is 1. The molecule has 0 aliphatic carbocycles. The predicted molar refractivity (Wildman–Crippen MR) is 158 cm³/mol. The van der Waals surface area contributed by atoms with E-state index in [1.165, 1.54) is 11.3 Å². The maximum absolute atomic E-state index is 12.5. The smallest absolute Gasteiger partial charge is 0.337 e. The number of benzene rings is 3. The molecule has 4 rings (SSSR count). The third-order valence-corrected chi connectivity index (χ3v) is 7.81. The molecule has 0 aliphatic rings. The number of aryl methyl sites for hydroxylation is 3. The van der Waals surface area contributed by atoms with Crippen LogP contribution in [0, 0.1) is 32.6 Å². The average molecular weight is 562 g/mol. The SMILES string of the molecule is Cc1nc(C)c(C(C)(O)C#Cc2ccc3cc(C)c([C@H](OC(C)(C)C)C(=O)O)c(-c4ccc(Cl)cc4)c3c2)s1. The van der Waals surface area contributed by atoms with Gasteiger partial charge in [0.15, 0.2) is 11.7 Å². The van der Waals surface area contributed by atoms with Gasteiger partial charge in [-0.05, 0) is 100 Å². The highest BCUT2D eigenvalue weighted by Gasteiger charge is 2.31. The normalized spacial score (nSPS) is 14.0. The van der Waals surface area contributed by atoms with Crippen LogP contribution in [0.25, 0.3) is 21.9 Å². The van der Waals surface area contributed by atoms with Crippen LogP contribution in [0.4, 0.5) is 0 Å². The zero-order chi connectivity index (χ0) is 28.7. The molecule has 0 fully saturated rings. The first-order valence-corrected chi connectivity index (χ1v) is 13.8. The molecule has 0 bridgehead atoms. The van der Waals surface area contributed by atoms with Crippen LogP contribution in [0.2, 0.25) is 5.02 Å². The first kappa shape index (κ1) is 28.8. The number of carbonyl (C=O) groups is 1. The van der Waals surface area contributed by atoms with Crippen molar-refractivity contribution in [2.75, 3.05) is 0 Å². The van der Waals surface area contributed by atoms with E-state index in [1.54, 1.807) is 19.1 Å². The molecule has 2 N–H and O–H groups in total. The molecule has 0 saturated heterocycles. The molecule has 0 saturated carbocycles. The van der Waals surface area contributed by atoms with E-state index in [1.807, 2.05) is 77.9 Å². The Labute approximate surface area is 238 Å². The average Bonchev–Trinajstić information content (AvgIpc) is 3.19. The van der Waals surface area contributed by atoms with Gasteiger partial charge in [0.05, 0.1) is 21.2 Å². The van der Waals surface area contributed by atoms with Crippen molar-refractivity contribution in [3.8, 4) is 23.0 Å². The minimum atomic E-state index is -1.36. The van der Waals surface area contributed by atoms with Crippen LogP contribution in [0.15, 0.2) is 48.5 Å². The summed E-state index contributed by atoms with van der Waals surface area (Å²) >= 11 is 7.63. The summed E-state index contributed by atoms with van der Waals surface area (Å²) < 4.78 is 6.09. The lowest BCUT2D eigenvalue weighted by Gasteiger charge is -2.28. The zero-order valence-electron chi connectivity index (χ0n) is 23.1. The minimum absolute atomic E-state index is 0.583. The third kappa shape index (κ3) is 6.34. The fraction of sp³-hybridized carbons (Fsp3) is 0.312. The summed E-state index contributed by atoms with van der Waals surface area (Å²) in [5.41, 5.74) is 2.37. The lowest BCUT2D eigenvalue weighted by molar-refractivity contribution is -0.160. The number of nitrogens with zero attached hydrogens (tertiary/aromatic N) is 1. The Morgan fingerprint density at radius 2 is 1.72 bits per heavy atom. The summed E-state index contributed by atoms with van der Waals surface area (Å²) in [5, 5.41) is 24.6. The molecule has 7 heteroatoms. The quantitative estimate of drug-likeness (QED) is 0.244. The van der Waals surface area contributed by atoms with Gasteiger partial charge >= 0.3 is 5.97 Å². The molecule has 1 aromatic heterocycles. The van der Waals surface area contributed by atoms with E-state index < -0.39 is 23.3 Å². The Balaban J connectivity index is 1.96. The van der Waals surface area contributed by atoms with E-state index in [0.717, 1.165) is 43.0 Å². The Morgan fingerprint density at radius 3 is 2.28 bits per heavy atom. The number of hydrogen-bond donors (Lipinski definition) is 2. The van der Waals surface area contributed by atoms with E-state index in [4.69, 9.17) is 16.3 Å². The van der Waals surface area contributed by atoms with Crippen LogP contribution in [-0.2, 0) is 15.1 Å². The molecule has 0 radical (unpaired) electrons. The van der Waals surface area contributed by atoms with Gasteiger partial charge < -0.3 is 14.9 Å². The summed E-state index contributed by atoms with van der Waals surface area (Å²) in [5.74, 6) is 5.08. The van der Waals surface area contributed by atoms with Gasteiger partial charge in [0.25, 0.3) is 0 Å². The molecule has 1 unspecified atom stereocenters. The van der Waals surface area contributed by atoms with Crippen LogP contribution in [-0.4, -0.2) is 26.8 Å². The highest BCUT2D eigenvalue weighted by atomic mass is 35.5. The molecule has 4 aromatic rings. The van der Waals surface area contributed by atoms with Gasteiger partial charge in [0, 0.05) is 16.1 Å². The first-order valence-electron chi connectivity index (χ1n) is 12.6. The topological polar surface area (TPSA) is 79.7 Å². The molecule has 0 amide bonds. The first-order chi connectivity index (χ1) is 18.2. The summed E-state index contributed by atoms with van der Waals surface area (Å²) in [7, 11) is 0. The van der Waals surface area contributed by atoms with Crippen molar-refractivity contribution < 1.29 is 19.7 Å². The predicted octanol–water partition coefficient (Wildman–Crippen LogP) is 7.74. The maximum atomic E-state index is 12.5. The number of thiazole rings is 1. The van der Waals surface area contributed by atoms with Crippen LogP contribution in [0.5, 0.6) is 0 Å². The minimum Gasteiger partial charge on any atom is -0.479 e. The van der Waals surface area contributed by atoms with Crippen LogP contribution in [0.3, 0.4) is 0 Å². The summed E-state index contributed by atoms with van der Waals surface area (Å²) in [6.45, 7) is 12.9. The van der Waals surface area contributed by atoms with Crippen molar-refractivity contribution in [1.29, 1.82) is 0 Å². The molecule has 39 heavy (non-hydrogen) atoms. The second kappa shape index (κ2) is 10.7. The zero-order valence-corrected chi connectivity index (χ0v) is 24.7. The monoisotopic (exact) mass is 561 g/mol. The summed E-state index contributed by atoms with van der Waals surface area (Å²) in [6.07, 6.45) is -1.19. The van der Waals surface area contributed by atoms with Gasteiger partial charge in [-0.2, -0.15) is 0 Å². The molecular weight excluding hydrogens is 530 g/mol. The lowest BCUT2D eigenvalue weighted by atomic mass is 9.86. The van der Waals surface area contributed by atoms with Crippen molar-refractivity contribution in [3.63, 3.8) is 0 Å².